The van der Waals surface area contributed by atoms with E-state index in [0.29, 0.717) is 14.8 Å². The number of hydrogen-bond acceptors (Lipinski definition) is 4. The van der Waals surface area contributed by atoms with Gasteiger partial charge in [-0.15, -0.1) is 12.6 Å². The zero-order chi connectivity index (χ0) is 15.7. The highest BCUT2D eigenvalue weighted by Crippen LogP contribution is 2.39. The molecule has 3 nitrogen and oxygen atoms in total. The monoisotopic (exact) mass is 347 g/mol. The fraction of sp³-hybridized carbons (Fsp3) is 0. The molecular weight excluding hydrogens is 338 g/mol. The first-order valence-corrected chi connectivity index (χ1v) is 7.98. The van der Waals surface area contributed by atoms with Gasteiger partial charge in [0.25, 0.3) is 0 Å². The Kier molecular flexibility index (Phi) is 4.29. The van der Waals surface area contributed by atoms with Gasteiger partial charge in [-0.25, -0.2) is 4.79 Å². The van der Waals surface area contributed by atoms with Gasteiger partial charge < -0.3 is 5.11 Å². The Bertz CT molecular complexity index is 878. The highest BCUT2D eigenvalue weighted by molar-refractivity contribution is 8.00. The van der Waals surface area contributed by atoms with Crippen molar-refractivity contribution in [2.45, 2.75) is 14.7 Å². The van der Waals surface area contributed by atoms with Crippen molar-refractivity contribution in [1.29, 1.82) is 0 Å². The molecule has 1 N–H and O–H groups in total. The molecule has 0 saturated carbocycles. The number of nitrogens with zero attached hydrogens (tertiary/aromatic N) is 1. The SMILES string of the molecule is O=C(O)c1ccccc1Sc1c(S)cnc2ccc(Cl)cc12. The Hall–Kier alpha value is -1.69. The molecule has 0 atom stereocenters. The van der Waals surface area contributed by atoms with Crippen LogP contribution in [0, 0.1) is 0 Å². The molecule has 0 aliphatic rings. The van der Waals surface area contributed by atoms with Gasteiger partial charge in [0.2, 0.25) is 0 Å². The summed E-state index contributed by atoms with van der Waals surface area (Å²) in [6.45, 7) is 0. The maximum absolute atomic E-state index is 11.3. The van der Waals surface area contributed by atoms with E-state index in [4.69, 9.17) is 11.6 Å². The number of aromatic carboxylic acids is 1. The van der Waals surface area contributed by atoms with E-state index in [2.05, 4.69) is 17.6 Å². The third-order valence-corrected chi connectivity index (χ3v) is 5.04. The zero-order valence-electron chi connectivity index (χ0n) is 11.2. The molecule has 6 heteroatoms. The number of halogens is 1. The minimum absolute atomic E-state index is 0.257. The van der Waals surface area contributed by atoms with Gasteiger partial charge in [0.05, 0.1) is 11.1 Å². The highest BCUT2D eigenvalue weighted by Gasteiger charge is 2.14. The second-order valence-corrected chi connectivity index (χ2v) is 6.51. The summed E-state index contributed by atoms with van der Waals surface area (Å²) in [5, 5.41) is 10.8. The Balaban J connectivity index is 2.17. The predicted molar refractivity (Wildman–Crippen MR) is 91.5 cm³/mol. The number of rotatable bonds is 3. The first kappa shape index (κ1) is 15.2. The third kappa shape index (κ3) is 2.92. The third-order valence-electron chi connectivity index (χ3n) is 3.09. The van der Waals surface area contributed by atoms with E-state index >= 15 is 0 Å². The van der Waals surface area contributed by atoms with Gasteiger partial charge in [-0.05, 0) is 30.3 Å². The molecule has 1 heterocycles. The van der Waals surface area contributed by atoms with Crippen molar-refractivity contribution in [3.05, 3.63) is 59.2 Å². The summed E-state index contributed by atoms with van der Waals surface area (Å²) in [6.07, 6.45) is 1.66. The second kappa shape index (κ2) is 6.20. The molecule has 22 heavy (non-hydrogen) atoms. The summed E-state index contributed by atoms with van der Waals surface area (Å²) >= 11 is 11.9. The van der Waals surface area contributed by atoms with Crippen LogP contribution in [0.1, 0.15) is 10.4 Å². The fourth-order valence-electron chi connectivity index (χ4n) is 2.08. The van der Waals surface area contributed by atoms with Crippen LogP contribution in [0.4, 0.5) is 0 Å². The van der Waals surface area contributed by atoms with Crippen LogP contribution in [-0.2, 0) is 0 Å². The molecule has 1 aromatic heterocycles. The summed E-state index contributed by atoms with van der Waals surface area (Å²) in [4.78, 5) is 17.8. The van der Waals surface area contributed by atoms with Gasteiger partial charge in [0, 0.05) is 31.3 Å². The summed E-state index contributed by atoms with van der Waals surface area (Å²) in [6, 6.07) is 12.3. The minimum Gasteiger partial charge on any atom is -0.478 e. The van der Waals surface area contributed by atoms with E-state index in [-0.39, 0.29) is 5.56 Å². The van der Waals surface area contributed by atoms with Crippen molar-refractivity contribution in [3.8, 4) is 0 Å². The molecule has 2 aromatic carbocycles. The van der Waals surface area contributed by atoms with Crippen LogP contribution < -0.4 is 0 Å². The normalized spacial score (nSPS) is 10.8. The average molecular weight is 348 g/mol. The lowest BCUT2D eigenvalue weighted by atomic mass is 10.2. The molecule has 0 saturated heterocycles. The maximum Gasteiger partial charge on any atom is 0.336 e. The molecule has 0 amide bonds. The number of benzene rings is 2. The molecule has 3 aromatic rings. The van der Waals surface area contributed by atoms with Crippen molar-refractivity contribution in [2.75, 3.05) is 0 Å². The van der Waals surface area contributed by atoms with Crippen LogP contribution in [-0.4, -0.2) is 16.1 Å². The summed E-state index contributed by atoms with van der Waals surface area (Å²) in [7, 11) is 0. The summed E-state index contributed by atoms with van der Waals surface area (Å²) < 4.78 is 0. The van der Waals surface area contributed by atoms with Crippen molar-refractivity contribution in [1.82, 2.24) is 4.98 Å². The Morgan fingerprint density at radius 1 is 1.23 bits per heavy atom. The number of aromatic nitrogens is 1. The molecule has 0 unspecified atom stereocenters. The van der Waals surface area contributed by atoms with E-state index in [1.807, 2.05) is 18.2 Å². The van der Waals surface area contributed by atoms with E-state index in [9.17, 15) is 9.90 Å². The molecule has 0 spiro atoms. The summed E-state index contributed by atoms with van der Waals surface area (Å²) in [5.74, 6) is -0.958. The first-order chi connectivity index (χ1) is 10.6. The van der Waals surface area contributed by atoms with Gasteiger partial charge in [0.1, 0.15) is 0 Å². The predicted octanol–water partition coefficient (Wildman–Crippen LogP) is 5.03. The Morgan fingerprint density at radius 3 is 2.77 bits per heavy atom. The zero-order valence-corrected chi connectivity index (χ0v) is 13.6. The van der Waals surface area contributed by atoms with Crippen LogP contribution in [0.3, 0.4) is 0 Å². The van der Waals surface area contributed by atoms with Crippen molar-refractivity contribution < 1.29 is 9.90 Å². The number of carbonyl (C=O) groups is 1. The number of carboxylic acids is 1. The highest BCUT2D eigenvalue weighted by atomic mass is 35.5. The number of fused-ring (bicyclic) bond motifs is 1. The van der Waals surface area contributed by atoms with Crippen LogP contribution >= 0.6 is 36.0 Å². The number of thiol groups is 1. The van der Waals surface area contributed by atoms with Crippen LogP contribution in [0.5, 0.6) is 0 Å². The molecule has 0 aliphatic heterocycles. The number of carboxylic acid groups (broad SMARTS) is 1. The van der Waals surface area contributed by atoms with E-state index in [1.54, 1.807) is 30.5 Å². The average Bonchev–Trinajstić information content (AvgIpc) is 2.50. The summed E-state index contributed by atoms with van der Waals surface area (Å²) in [5.41, 5.74) is 1.05. The topological polar surface area (TPSA) is 50.2 Å². The van der Waals surface area contributed by atoms with Gasteiger partial charge in [-0.2, -0.15) is 0 Å². The fourth-order valence-corrected chi connectivity index (χ4v) is 3.63. The smallest absolute Gasteiger partial charge is 0.336 e. The van der Waals surface area contributed by atoms with Crippen molar-refractivity contribution in [3.63, 3.8) is 0 Å². The molecule has 3 rings (SSSR count). The Labute approximate surface area is 141 Å². The lowest BCUT2D eigenvalue weighted by Gasteiger charge is -2.11. The van der Waals surface area contributed by atoms with Crippen LogP contribution in [0.2, 0.25) is 5.02 Å². The van der Waals surface area contributed by atoms with E-state index in [1.165, 1.54) is 11.8 Å². The Morgan fingerprint density at radius 2 is 2.00 bits per heavy atom. The minimum atomic E-state index is -0.958. The van der Waals surface area contributed by atoms with Gasteiger partial charge in [0.15, 0.2) is 0 Å². The molecule has 0 bridgehead atoms. The first-order valence-electron chi connectivity index (χ1n) is 6.33. The largest absolute Gasteiger partial charge is 0.478 e. The molecule has 0 radical (unpaired) electrons. The molecule has 110 valence electrons. The lowest BCUT2D eigenvalue weighted by Crippen LogP contribution is -1.98. The molecular formula is C16H10ClNO2S2. The standard InChI is InChI=1S/C16H10ClNO2S2/c17-9-5-6-12-11(7-9)15(13(21)8-18-12)22-14-4-2-1-3-10(14)16(19)20/h1-8,21H,(H,19,20). The van der Waals surface area contributed by atoms with Gasteiger partial charge in [-0.1, -0.05) is 35.5 Å². The quantitative estimate of drug-likeness (QED) is 0.653. The number of pyridine rings is 1. The van der Waals surface area contributed by atoms with Crippen LogP contribution in [0.15, 0.2) is 63.3 Å². The number of hydrogen-bond donors (Lipinski definition) is 2. The van der Waals surface area contributed by atoms with Crippen molar-refractivity contribution in [2.24, 2.45) is 0 Å². The van der Waals surface area contributed by atoms with E-state index < -0.39 is 5.97 Å². The van der Waals surface area contributed by atoms with Crippen molar-refractivity contribution >= 4 is 52.9 Å². The van der Waals surface area contributed by atoms with Crippen LogP contribution in [0.25, 0.3) is 10.9 Å². The second-order valence-electron chi connectivity index (χ2n) is 4.54. The lowest BCUT2D eigenvalue weighted by molar-refractivity contribution is 0.0693. The van der Waals surface area contributed by atoms with Gasteiger partial charge >= 0.3 is 5.97 Å². The van der Waals surface area contributed by atoms with E-state index in [0.717, 1.165) is 15.8 Å². The maximum atomic E-state index is 11.3. The molecule has 0 fully saturated rings. The van der Waals surface area contributed by atoms with Gasteiger partial charge in [-0.3, -0.25) is 4.98 Å². The molecule has 0 aliphatic carbocycles.